The molecule has 1 saturated carbocycles. The molecule has 2 N–H and O–H groups in total. The molecular weight excluding hydrogens is 457 g/mol. The van der Waals surface area contributed by atoms with Crippen molar-refractivity contribution in [3.05, 3.63) is 76.3 Å². The minimum absolute atomic E-state index is 0.0321. The molecule has 2 heterocycles. The van der Waals surface area contributed by atoms with Crippen LogP contribution in [0.4, 0.5) is 13.2 Å². The van der Waals surface area contributed by atoms with Gasteiger partial charge in [-0.25, -0.2) is 0 Å². The molecule has 35 heavy (non-hydrogen) atoms. The summed E-state index contributed by atoms with van der Waals surface area (Å²) in [5, 5.41) is 3.78. The van der Waals surface area contributed by atoms with Crippen LogP contribution in [0.2, 0.25) is 0 Å². The summed E-state index contributed by atoms with van der Waals surface area (Å²) in [4.78, 5) is 33.0. The van der Waals surface area contributed by atoms with Crippen molar-refractivity contribution in [1.29, 1.82) is 0 Å². The minimum Gasteiger partial charge on any atom is -0.355 e. The first-order chi connectivity index (χ1) is 16.6. The summed E-state index contributed by atoms with van der Waals surface area (Å²) in [7, 11) is 3.80. The summed E-state index contributed by atoms with van der Waals surface area (Å²) < 4.78 is 41.7. The summed E-state index contributed by atoms with van der Waals surface area (Å²) in [5.41, 5.74) is 0.252. The fraction of sp³-hybridized carbons (Fsp3) is 0.423. The number of aromatic amines is 1. The first-order valence-corrected chi connectivity index (χ1v) is 11.6. The number of hydrogen-bond donors (Lipinski definition) is 2. The number of likely N-dealkylation sites (N-methyl/N-ethyl adjacent to an activating group) is 1. The lowest BCUT2D eigenvalue weighted by Crippen LogP contribution is -2.42. The van der Waals surface area contributed by atoms with Crippen LogP contribution >= 0.6 is 0 Å². The molecule has 0 spiro atoms. The number of rotatable bonds is 9. The third-order valence-corrected chi connectivity index (χ3v) is 7.04. The molecule has 1 aromatic carbocycles. The number of amides is 1. The third kappa shape index (κ3) is 5.56. The van der Waals surface area contributed by atoms with Gasteiger partial charge in [-0.3, -0.25) is 14.6 Å². The molecule has 186 valence electrons. The number of pyridine rings is 2. The first-order valence-electron chi connectivity index (χ1n) is 11.6. The van der Waals surface area contributed by atoms with E-state index in [1.807, 2.05) is 37.2 Å². The first kappa shape index (κ1) is 24.9. The van der Waals surface area contributed by atoms with Crippen LogP contribution in [-0.2, 0) is 11.2 Å². The third-order valence-electron chi connectivity index (χ3n) is 7.04. The van der Waals surface area contributed by atoms with Gasteiger partial charge < -0.3 is 15.2 Å². The second kappa shape index (κ2) is 9.81. The molecule has 1 aliphatic carbocycles. The number of alkyl halides is 3. The van der Waals surface area contributed by atoms with Gasteiger partial charge in [-0.2, -0.15) is 13.2 Å². The zero-order valence-corrected chi connectivity index (χ0v) is 19.7. The molecule has 4 rings (SSSR count). The molecule has 2 atom stereocenters. The SMILES string of the molecule is CN(C)[C@H](CNC(=O)C[C@H](c1ccncc1)C1(C(F)(F)F)CC1)Cc1ccc2[nH]c(=O)ccc2c1. The summed E-state index contributed by atoms with van der Waals surface area (Å²) in [6.45, 7) is 0.303. The molecule has 1 aliphatic rings. The van der Waals surface area contributed by atoms with Gasteiger partial charge in [0.1, 0.15) is 0 Å². The summed E-state index contributed by atoms with van der Waals surface area (Å²) >= 11 is 0. The van der Waals surface area contributed by atoms with Gasteiger partial charge in [0.2, 0.25) is 11.5 Å². The molecule has 3 aromatic rings. The predicted octanol–water partition coefficient (Wildman–Crippen LogP) is 4.03. The second-order valence-corrected chi connectivity index (χ2v) is 9.56. The summed E-state index contributed by atoms with van der Waals surface area (Å²) in [6, 6.07) is 12.1. The van der Waals surface area contributed by atoms with Gasteiger partial charge in [0, 0.05) is 48.9 Å². The van der Waals surface area contributed by atoms with Crippen molar-refractivity contribution < 1.29 is 18.0 Å². The lowest BCUT2D eigenvalue weighted by atomic mass is 9.80. The number of benzene rings is 1. The van der Waals surface area contributed by atoms with E-state index in [1.54, 1.807) is 18.2 Å². The van der Waals surface area contributed by atoms with Gasteiger partial charge in [-0.15, -0.1) is 0 Å². The Labute approximate surface area is 201 Å². The molecule has 1 amide bonds. The van der Waals surface area contributed by atoms with Crippen molar-refractivity contribution in [3.63, 3.8) is 0 Å². The van der Waals surface area contributed by atoms with E-state index >= 15 is 0 Å². The Hall–Kier alpha value is -3.20. The van der Waals surface area contributed by atoms with Gasteiger partial charge in [-0.05, 0) is 80.2 Å². The predicted molar refractivity (Wildman–Crippen MR) is 128 cm³/mol. The number of nitrogens with zero attached hydrogens (tertiary/aromatic N) is 2. The maximum Gasteiger partial charge on any atom is 0.395 e. The summed E-state index contributed by atoms with van der Waals surface area (Å²) in [5.74, 6) is -1.34. The number of aromatic nitrogens is 2. The Morgan fingerprint density at radius 3 is 2.49 bits per heavy atom. The Kier molecular flexibility index (Phi) is 6.98. The van der Waals surface area contributed by atoms with Crippen molar-refractivity contribution in [1.82, 2.24) is 20.2 Å². The Balaban J connectivity index is 1.44. The van der Waals surface area contributed by atoms with Crippen LogP contribution in [0.5, 0.6) is 0 Å². The molecule has 6 nitrogen and oxygen atoms in total. The molecular formula is C26H29F3N4O2. The molecule has 1 fully saturated rings. The number of halogens is 3. The Morgan fingerprint density at radius 1 is 1.14 bits per heavy atom. The monoisotopic (exact) mass is 486 g/mol. The lowest BCUT2D eigenvalue weighted by molar-refractivity contribution is -0.194. The quantitative estimate of drug-likeness (QED) is 0.479. The normalized spacial score (nSPS) is 16.7. The molecule has 0 radical (unpaired) electrons. The van der Waals surface area contributed by atoms with Gasteiger partial charge in [0.05, 0.1) is 5.41 Å². The average Bonchev–Trinajstić information content (AvgIpc) is 3.63. The summed E-state index contributed by atoms with van der Waals surface area (Å²) in [6.07, 6.45) is -0.972. The van der Waals surface area contributed by atoms with E-state index in [0.29, 0.717) is 18.5 Å². The highest BCUT2D eigenvalue weighted by atomic mass is 19.4. The molecule has 2 aromatic heterocycles. The smallest absolute Gasteiger partial charge is 0.355 e. The largest absolute Gasteiger partial charge is 0.395 e. The number of hydrogen-bond acceptors (Lipinski definition) is 4. The molecule has 0 unspecified atom stereocenters. The van der Waals surface area contributed by atoms with Crippen molar-refractivity contribution in [2.24, 2.45) is 5.41 Å². The van der Waals surface area contributed by atoms with Crippen LogP contribution in [0.15, 0.2) is 59.7 Å². The van der Waals surface area contributed by atoms with E-state index < -0.39 is 23.4 Å². The van der Waals surface area contributed by atoms with Gasteiger partial charge >= 0.3 is 6.18 Å². The number of fused-ring (bicyclic) bond motifs is 1. The highest BCUT2D eigenvalue weighted by molar-refractivity contribution is 5.79. The van der Waals surface area contributed by atoms with Gasteiger partial charge in [0.15, 0.2) is 0 Å². The number of carbonyl (C=O) groups excluding carboxylic acids is 1. The van der Waals surface area contributed by atoms with Crippen molar-refractivity contribution >= 4 is 16.8 Å². The Morgan fingerprint density at radius 2 is 1.86 bits per heavy atom. The van der Waals surface area contributed by atoms with E-state index in [0.717, 1.165) is 16.5 Å². The molecule has 9 heteroatoms. The molecule has 0 saturated heterocycles. The molecule has 0 bridgehead atoms. The fourth-order valence-electron chi connectivity index (χ4n) is 4.72. The van der Waals surface area contributed by atoms with Gasteiger partial charge in [-0.1, -0.05) is 6.07 Å². The van der Waals surface area contributed by atoms with Crippen molar-refractivity contribution in [2.75, 3.05) is 20.6 Å². The van der Waals surface area contributed by atoms with Crippen LogP contribution in [0, 0.1) is 5.41 Å². The van der Waals surface area contributed by atoms with Gasteiger partial charge in [0.25, 0.3) is 0 Å². The van der Waals surface area contributed by atoms with E-state index in [4.69, 9.17) is 0 Å². The zero-order chi connectivity index (χ0) is 25.2. The fourth-order valence-corrected chi connectivity index (χ4v) is 4.72. The average molecular weight is 487 g/mol. The van der Waals surface area contributed by atoms with Crippen LogP contribution in [0.3, 0.4) is 0 Å². The van der Waals surface area contributed by atoms with Crippen LogP contribution < -0.4 is 10.9 Å². The second-order valence-electron chi connectivity index (χ2n) is 9.56. The topological polar surface area (TPSA) is 78.1 Å². The lowest BCUT2D eigenvalue weighted by Gasteiger charge is -2.30. The zero-order valence-electron chi connectivity index (χ0n) is 19.7. The number of H-pyrrole nitrogens is 1. The van der Waals surface area contributed by atoms with Crippen LogP contribution in [0.25, 0.3) is 10.9 Å². The highest BCUT2D eigenvalue weighted by Crippen LogP contribution is 2.66. The van der Waals surface area contributed by atoms with Crippen molar-refractivity contribution in [2.45, 2.75) is 43.8 Å². The number of carbonyl (C=O) groups is 1. The minimum atomic E-state index is -4.37. The maximum atomic E-state index is 13.9. The highest BCUT2D eigenvalue weighted by Gasteiger charge is 2.67. The maximum absolute atomic E-state index is 13.9. The van der Waals surface area contributed by atoms with Crippen LogP contribution in [-0.4, -0.2) is 53.6 Å². The van der Waals surface area contributed by atoms with E-state index in [2.05, 4.69) is 15.3 Å². The van der Waals surface area contributed by atoms with E-state index in [1.165, 1.54) is 18.5 Å². The number of nitrogens with one attached hydrogen (secondary N) is 2. The molecule has 0 aliphatic heterocycles. The Bertz CT molecular complexity index is 1240. The van der Waals surface area contributed by atoms with Crippen LogP contribution in [0.1, 0.15) is 36.3 Å². The van der Waals surface area contributed by atoms with Crippen molar-refractivity contribution in [3.8, 4) is 0 Å². The van der Waals surface area contributed by atoms with E-state index in [-0.39, 0.29) is 30.9 Å². The standard InChI is InChI=1S/C26H29F3N4O2/c1-33(2)20(14-17-3-5-22-19(13-17)4-6-23(34)32-22)16-31-24(35)15-21(18-7-11-30-12-8-18)25(9-10-25)26(27,28)29/h3-8,11-13,20-21H,9-10,14-16H2,1-2H3,(H,31,35)(H,32,34)/t20-,21+/m0/s1. The van der Waals surface area contributed by atoms with E-state index in [9.17, 15) is 22.8 Å².